The third kappa shape index (κ3) is 3.38. The van der Waals surface area contributed by atoms with Crippen LogP contribution in [0.2, 0.25) is 0 Å². The Hall–Kier alpha value is -3.79. The summed E-state index contributed by atoms with van der Waals surface area (Å²) in [5, 5.41) is 13.6. The van der Waals surface area contributed by atoms with E-state index in [0.29, 0.717) is 51.3 Å². The molecule has 0 saturated carbocycles. The first-order valence-corrected chi connectivity index (χ1v) is 10.8. The molecule has 32 heavy (non-hydrogen) atoms. The molecule has 2 amide bonds. The lowest BCUT2D eigenvalue weighted by molar-refractivity contribution is 0.0642. The van der Waals surface area contributed by atoms with E-state index < -0.39 is 0 Å². The molecule has 0 N–H and O–H groups in total. The van der Waals surface area contributed by atoms with Gasteiger partial charge in [-0.15, -0.1) is 10.2 Å². The monoisotopic (exact) mass is 449 g/mol. The normalized spacial score (nSPS) is 13.1. The average Bonchev–Trinajstić information content (AvgIpc) is 3.46. The van der Waals surface area contributed by atoms with Gasteiger partial charge in [-0.25, -0.2) is 0 Å². The number of aromatic nitrogens is 4. The topological polar surface area (TPSA) is 98.9 Å². The molecular formula is C22H19N5O4S. The lowest BCUT2D eigenvalue weighted by Gasteiger charge is -2.10. The van der Waals surface area contributed by atoms with Crippen LogP contribution in [0.15, 0.2) is 42.5 Å². The van der Waals surface area contributed by atoms with Crippen LogP contribution in [0.4, 0.5) is 0 Å². The van der Waals surface area contributed by atoms with Crippen LogP contribution in [0.5, 0.6) is 11.5 Å². The molecule has 10 heteroatoms. The van der Waals surface area contributed by atoms with Gasteiger partial charge in [0.15, 0.2) is 17.3 Å². The first kappa shape index (κ1) is 20.1. The first-order valence-electron chi connectivity index (χ1n) is 9.95. The Morgan fingerprint density at radius 1 is 0.906 bits per heavy atom. The number of fused-ring (bicyclic) bond motifs is 2. The molecule has 0 bridgehead atoms. The van der Waals surface area contributed by atoms with Crippen molar-refractivity contribution in [1.82, 2.24) is 24.7 Å². The highest BCUT2D eigenvalue weighted by molar-refractivity contribution is 7.16. The molecule has 0 fully saturated rings. The maximum atomic E-state index is 12.6. The van der Waals surface area contributed by atoms with Gasteiger partial charge in [0.25, 0.3) is 11.8 Å². The zero-order chi connectivity index (χ0) is 22.2. The second kappa shape index (κ2) is 8.04. The summed E-state index contributed by atoms with van der Waals surface area (Å²) in [6.07, 6.45) is 1.33. The summed E-state index contributed by atoms with van der Waals surface area (Å²) in [7, 11) is 3.21. The molecule has 9 nitrogen and oxygen atoms in total. The molecule has 1 aliphatic heterocycles. The Labute approximate surface area is 187 Å². The van der Waals surface area contributed by atoms with Crippen molar-refractivity contribution >= 4 is 28.1 Å². The fraction of sp³-hybridized carbons (Fsp3) is 0.227. The summed E-state index contributed by atoms with van der Waals surface area (Å²) in [5.74, 6) is 1.46. The predicted molar refractivity (Wildman–Crippen MR) is 116 cm³/mol. The van der Waals surface area contributed by atoms with E-state index in [0.717, 1.165) is 5.56 Å². The van der Waals surface area contributed by atoms with Crippen molar-refractivity contribution in [2.75, 3.05) is 14.2 Å². The molecule has 0 radical (unpaired) electrons. The summed E-state index contributed by atoms with van der Waals surface area (Å²) < 4.78 is 12.3. The highest BCUT2D eigenvalue weighted by atomic mass is 32.1. The second-order valence-corrected chi connectivity index (χ2v) is 8.28. The van der Waals surface area contributed by atoms with Crippen LogP contribution >= 0.6 is 11.3 Å². The standard InChI is InChI=1S/C22H19N5O4S/c1-30-16-9-7-13(11-17(16)31-2)8-10-18-23-24-22-27(18)25-19(32-22)12-26-20(28)14-5-3-4-6-15(14)21(26)29/h3-7,9,11H,8,10,12H2,1-2H3. The molecule has 0 aliphatic carbocycles. The average molecular weight is 449 g/mol. The largest absolute Gasteiger partial charge is 0.493 e. The van der Waals surface area contributed by atoms with Crippen LogP contribution in [0.3, 0.4) is 0 Å². The van der Waals surface area contributed by atoms with Gasteiger partial charge >= 0.3 is 0 Å². The van der Waals surface area contributed by atoms with E-state index >= 15 is 0 Å². The summed E-state index contributed by atoms with van der Waals surface area (Å²) in [4.78, 5) is 27.1. The van der Waals surface area contributed by atoms with Crippen molar-refractivity contribution in [1.29, 1.82) is 0 Å². The number of hydrogen-bond donors (Lipinski definition) is 0. The SMILES string of the molecule is COc1ccc(CCc2nnc3sc(CN4C(=O)c5ccccc5C4=O)nn23)cc1OC. The Morgan fingerprint density at radius 2 is 1.62 bits per heavy atom. The van der Waals surface area contributed by atoms with Gasteiger partial charge in [-0.2, -0.15) is 9.61 Å². The minimum Gasteiger partial charge on any atom is -0.493 e. The van der Waals surface area contributed by atoms with Crippen molar-refractivity contribution in [2.45, 2.75) is 19.4 Å². The number of benzene rings is 2. The molecule has 1 aliphatic rings. The summed E-state index contributed by atoms with van der Waals surface area (Å²) in [5.41, 5.74) is 1.92. The number of amides is 2. The van der Waals surface area contributed by atoms with Crippen LogP contribution in [-0.2, 0) is 19.4 Å². The van der Waals surface area contributed by atoms with Gasteiger partial charge in [0.05, 0.1) is 31.9 Å². The van der Waals surface area contributed by atoms with Crippen LogP contribution in [-0.4, -0.2) is 50.7 Å². The summed E-state index contributed by atoms with van der Waals surface area (Å²) in [6.45, 7) is 0.107. The van der Waals surface area contributed by atoms with Crippen molar-refractivity contribution in [3.05, 3.63) is 70.0 Å². The van der Waals surface area contributed by atoms with E-state index in [2.05, 4.69) is 15.3 Å². The van der Waals surface area contributed by atoms with Gasteiger partial charge in [-0.05, 0) is 36.2 Å². The third-order valence-corrected chi connectivity index (χ3v) is 6.24. The highest BCUT2D eigenvalue weighted by Crippen LogP contribution is 2.28. The van der Waals surface area contributed by atoms with Crippen LogP contribution in [0, 0.1) is 0 Å². The lowest BCUT2D eigenvalue weighted by atomic mass is 10.1. The van der Waals surface area contributed by atoms with E-state index in [1.807, 2.05) is 18.2 Å². The van der Waals surface area contributed by atoms with Gasteiger partial charge in [0.1, 0.15) is 5.01 Å². The molecule has 2 aromatic carbocycles. The Balaban J connectivity index is 1.32. The molecule has 3 heterocycles. The van der Waals surface area contributed by atoms with Gasteiger partial charge in [-0.3, -0.25) is 14.5 Å². The van der Waals surface area contributed by atoms with Crippen molar-refractivity contribution in [3.63, 3.8) is 0 Å². The van der Waals surface area contributed by atoms with Gasteiger partial charge in [0.2, 0.25) is 4.96 Å². The van der Waals surface area contributed by atoms with E-state index in [1.165, 1.54) is 16.2 Å². The fourth-order valence-corrected chi connectivity index (χ4v) is 4.57. The number of ether oxygens (including phenoxy) is 2. The number of hydrogen-bond acceptors (Lipinski definition) is 8. The van der Waals surface area contributed by atoms with Gasteiger partial charge in [-0.1, -0.05) is 29.5 Å². The molecule has 0 spiro atoms. The molecule has 2 aromatic heterocycles. The number of carbonyl (C=O) groups is 2. The quantitative estimate of drug-likeness (QED) is 0.400. The zero-order valence-corrected chi connectivity index (χ0v) is 18.3. The van der Waals surface area contributed by atoms with Crippen molar-refractivity contribution < 1.29 is 19.1 Å². The van der Waals surface area contributed by atoms with E-state index in [-0.39, 0.29) is 18.4 Å². The van der Waals surface area contributed by atoms with E-state index in [9.17, 15) is 9.59 Å². The molecule has 0 atom stereocenters. The Morgan fingerprint density at radius 3 is 2.31 bits per heavy atom. The van der Waals surface area contributed by atoms with Gasteiger partial charge in [0, 0.05) is 6.42 Å². The van der Waals surface area contributed by atoms with Crippen LogP contribution < -0.4 is 9.47 Å². The number of methoxy groups -OCH3 is 2. The van der Waals surface area contributed by atoms with Gasteiger partial charge < -0.3 is 9.47 Å². The predicted octanol–water partition coefficient (Wildman–Crippen LogP) is 2.78. The Bertz CT molecular complexity index is 1310. The second-order valence-electron chi connectivity index (χ2n) is 7.24. The minimum atomic E-state index is -0.301. The van der Waals surface area contributed by atoms with Crippen LogP contribution in [0.1, 0.15) is 37.1 Å². The minimum absolute atomic E-state index is 0.107. The summed E-state index contributed by atoms with van der Waals surface area (Å²) >= 11 is 1.32. The number of carbonyl (C=O) groups excluding carboxylic acids is 2. The number of rotatable bonds is 7. The maximum absolute atomic E-state index is 12.6. The molecule has 5 rings (SSSR count). The van der Waals surface area contributed by atoms with Crippen molar-refractivity contribution in [3.8, 4) is 11.5 Å². The fourth-order valence-electron chi connectivity index (χ4n) is 3.73. The highest BCUT2D eigenvalue weighted by Gasteiger charge is 2.35. The van der Waals surface area contributed by atoms with E-state index in [4.69, 9.17) is 9.47 Å². The number of imide groups is 1. The molecule has 0 saturated heterocycles. The maximum Gasteiger partial charge on any atom is 0.261 e. The number of aryl methyl sites for hydroxylation is 2. The lowest BCUT2D eigenvalue weighted by Crippen LogP contribution is -2.29. The van der Waals surface area contributed by atoms with E-state index in [1.54, 1.807) is 43.0 Å². The Kier molecular flexibility index (Phi) is 5.06. The molecule has 0 unspecified atom stereocenters. The van der Waals surface area contributed by atoms with Crippen LogP contribution in [0.25, 0.3) is 4.96 Å². The third-order valence-electron chi connectivity index (χ3n) is 5.35. The first-order chi connectivity index (χ1) is 15.6. The van der Waals surface area contributed by atoms with Crippen molar-refractivity contribution in [2.24, 2.45) is 0 Å². The zero-order valence-electron chi connectivity index (χ0n) is 17.4. The molecule has 4 aromatic rings. The molecule has 162 valence electrons. The smallest absolute Gasteiger partial charge is 0.261 e. The number of nitrogens with zero attached hydrogens (tertiary/aromatic N) is 5. The summed E-state index contributed by atoms with van der Waals surface area (Å²) in [6, 6.07) is 12.6. The molecular weight excluding hydrogens is 430 g/mol.